The van der Waals surface area contributed by atoms with Gasteiger partial charge in [-0.15, -0.1) is 0 Å². The molecule has 0 N–H and O–H groups in total. The Morgan fingerprint density at radius 1 is 0.949 bits per heavy atom. The number of methoxy groups -OCH3 is 2. The predicted molar refractivity (Wildman–Crippen MR) is 127 cm³/mol. The number of amides is 1. The molecule has 0 spiro atoms. The Morgan fingerprint density at radius 3 is 1.95 bits per heavy atom. The second-order valence-corrected chi connectivity index (χ2v) is 8.90. The highest BCUT2D eigenvalue weighted by atomic mass is 19.4. The van der Waals surface area contributed by atoms with Crippen molar-refractivity contribution < 1.29 is 54.9 Å². The Labute approximate surface area is 220 Å². The summed E-state index contributed by atoms with van der Waals surface area (Å²) in [6, 6.07) is 3.31. The summed E-state index contributed by atoms with van der Waals surface area (Å²) in [7, 11) is 2.69. The van der Waals surface area contributed by atoms with E-state index in [0.29, 0.717) is 12.1 Å². The van der Waals surface area contributed by atoms with E-state index in [0.717, 1.165) is 6.92 Å². The average molecular weight is 563 g/mol. The van der Waals surface area contributed by atoms with Gasteiger partial charge in [0.05, 0.1) is 37.6 Å². The summed E-state index contributed by atoms with van der Waals surface area (Å²) in [4.78, 5) is 26.3. The maximum Gasteiger partial charge on any atom is 0.416 e. The standard InChI is InChI=1S/C26H27F6NO6/c1-6-38-24(35)33-13(2)7-19(18-11-21(36-4)22(37-5)12-20(18)33)23(39-14(3)34)15-8-16(25(27,28)29)10-17(9-15)26(30,31)32/h8-13,19,23H,6-7H2,1-5H3/t13-,19+,23+/m0/s1. The molecular formula is C26H27F6NO6. The first-order valence-electron chi connectivity index (χ1n) is 11.8. The quantitative estimate of drug-likeness (QED) is 0.282. The SMILES string of the molecule is CCOC(=O)N1c2cc(OC)c(OC)cc2[C@H]([C@H](OC(C)=O)c2cc(C(F)(F)F)cc(C(F)(F)F)c2)C[C@@H]1C. The molecule has 1 aliphatic heterocycles. The van der Waals surface area contributed by atoms with E-state index in [2.05, 4.69) is 0 Å². The molecule has 3 rings (SSSR count). The van der Waals surface area contributed by atoms with Gasteiger partial charge in [0.15, 0.2) is 11.5 Å². The number of halogens is 6. The van der Waals surface area contributed by atoms with Crippen LogP contribution in [0.5, 0.6) is 11.5 Å². The van der Waals surface area contributed by atoms with E-state index in [1.807, 2.05) is 0 Å². The first kappa shape index (κ1) is 29.9. The fourth-order valence-corrected chi connectivity index (χ4v) is 4.69. The topological polar surface area (TPSA) is 74.3 Å². The number of rotatable bonds is 6. The highest BCUT2D eigenvalue weighted by molar-refractivity contribution is 5.91. The van der Waals surface area contributed by atoms with Crippen molar-refractivity contribution >= 4 is 17.7 Å². The molecule has 1 heterocycles. The lowest BCUT2D eigenvalue weighted by Crippen LogP contribution is -2.44. The molecule has 3 atom stereocenters. The van der Waals surface area contributed by atoms with Crippen molar-refractivity contribution in [3.63, 3.8) is 0 Å². The van der Waals surface area contributed by atoms with Crippen LogP contribution in [-0.2, 0) is 26.6 Å². The fourth-order valence-electron chi connectivity index (χ4n) is 4.69. The van der Waals surface area contributed by atoms with Crippen molar-refractivity contribution in [3.05, 3.63) is 52.6 Å². The minimum absolute atomic E-state index is 0.00213. The van der Waals surface area contributed by atoms with Gasteiger partial charge in [-0.05, 0) is 55.7 Å². The van der Waals surface area contributed by atoms with Gasteiger partial charge in [-0.2, -0.15) is 26.3 Å². The van der Waals surface area contributed by atoms with E-state index in [9.17, 15) is 35.9 Å². The number of hydrogen-bond donors (Lipinski definition) is 0. The Hall–Kier alpha value is -3.64. The van der Waals surface area contributed by atoms with E-state index in [4.69, 9.17) is 18.9 Å². The van der Waals surface area contributed by atoms with Gasteiger partial charge in [0.2, 0.25) is 0 Å². The number of ether oxygens (including phenoxy) is 4. The molecule has 0 aliphatic carbocycles. The minimum Gasteiger partial charge on any atom is -0.493 e. The zero-order valence-electron chi connectivity index (χ0n) is 21.7. The number of esters is 1. The molecule has 0 unspecified atom stereocenters. The predicted octanol–water partition coefficient (Wildman–Crippen LogP) is 6.88. The summed E-state index contributed by atoms with van der Waals surface area (Å²) in [5, 5.41) is 0. The van der Waals surface area contributed by atoms with Crippen LogP contribution < -0.4 is 14.4 Å². The van der Waals surface area contributed by atoms with Gasteiger partial charge in [-0.3, -0.25) is 9.69 Å². The molecule has 13 heteroatoms. The summed E-state index contributed by atoms with van der Waals surface area (Å²) in [5.74, 6) is -1.51. The van der Waals surface area contributed by atoms with Crippen LogP contribution in [0.4, 0.5) is 36.8 Å². The monoisotopic (exact) mass is 563 g/mol. The van der Waals surface area contributed by atoms with Crippen LogP contribution in [0.2, 0.25) is 0 Å². The zero-order valence-corrected chi connectivity index (χ0v) is 21.7. The second-order valence-electron chi connectivity index (χ2n) is 8.90. The molecule has 0 saturated carbocycles. The van der Waals surface area contributed by atoms with E-state index >= 15 is 0 Å². The van der Waals surface area contributed by atoms with Crippen LogP contribution >= 0.6 is 0 Å². The highest BCUT2D eigenvalue weighted by Gasteiger charge is 2.43. The molecule has 0 radical (unpaired) electrons. The van der Waals surface area contributed by atoms with E-state index in [1.165, 1.54) is 31.3 Å². The van der Waals surface area contributed by atoms with Crippen molar-refractivity contribution in [2.75, 3.05) is 25.7 Å². The van der Waals surface area contributed by atoms with Gasteiger partial charge >= 0.3 is 24.4 Å². The van der Waals surface area contributed by atoms with Crippen molar-refractivity contribution in [2.45, 2.75) is 57.6 Å². The number of benzene rings is 2. The van der Waals surface area contributed by atoms with Crippen LogP contribution in [0.25, 0.3) is 0 Å². The number of carbonyl (C=O) groups excluding carboxylic acids is 2. The maximum absolute atomic E-state index is 13.6. The molecule has 2 aromatic rings. The summed E-state index contributed by atoms with van der Waals surface area (Å²) in [5.41, 5.74) is -3.11. The number of nitrogens with zero attached hydrogens (tertiary/aromatic N) is 1. The van der Waals surface area contributed by atoms with E-state index in [-0.39, 0.29) is 41.8 Å². The van der Waals surface area contributed by atoms with Gasteiger partial charge in [-0.25, -0.2) is 4.79 Å². The van der Waals surface area contributed by atoms with Gasteiger partial charge < -0.3 is 18.9 Å². The van der Waals surface area contributed by atoms with E-state index in [1.54, 1.807) is 13.8 Å². The van der Waals surface area contributed by atoms with Gasteiger partial charge in [0, 0.05) is 24.9 Å². The largest absolute Gasteiger partial charge is 0.493 e. The summed E-state index contributed by atoms with van der Waals surface area (Å²) >= 11 is 0. The van der Waals surface area contributed by atoms with E-state index < -0.39 is 59.2 Å². The molecule has 0 fully saturated rings. The minimum atomic E-state index is -5.11. The molecule has 0 aromatic heterocycles. The van der Waals surface area contributed by atoms with Crippen LogP contribution in [-0.4, -0.2) is 38.9 Å². The van der Waals surface area contributed by atoms with Crippen molar-refractivity contribution in [3.8, 4) is 11.5 Å². The number of carbonyl (C=O) groups is 2. The number of fused-ring (bicyclic) bond motifs is 1. The van der Waals surface area contributed by atoms with Crippen molar-refractivity contribution in [2.24, 2.45) is 0 Å². The molecular weight excluding hydrogens is 536 g/mol. The van der Waals surface area contributed by atoms with Crippen LogP contribution in [0.15, 0.2) is 30.3 Å². The molecule has 2 aromatic carbocycles. The molecule has 1 amide bonds. The molecule has 0 saturated heterocycles. The Balaban J connectivity index is 2.31. The summed E-state index contributed by atoms with van der Waals surface area (Å²) in [6.07, 6.45) is -12.5. The number of alkyl halides is 6. The fraction of sp³-hybridized carbons (Fsp3) is 0.462. The van der Waals surface area contributed by atoms with Crippen molar-refractivity contribution in [1.29, 1.82) is 0 Å². The molecule has 214 valence electrons. The molecule has 7 nitrogen and oxygen atoms in total. The number of anilines is 1. The van der Waals surface area contributed by atoms with Crippen LogP contribution in [0.1, 0.15) is 61.5 Å². The lowest BCUT2D eigenvalue weighted by molar-refractivity contribution is -0.148. The maximum atomic E-state index is 13.6. The average Bonchev–Trinajstić information content (AvgIpc) is 2.84. The van der Waals surface area contributed by atoms with Gasteiger partial charge in [-0.1, -0.05) is 0 Å². The highest BCUT2D eigenvalue weighted by Crippen LogP contribution is 2.51. The Kier molecular flexibility index (Phi) is 8.61. The van der Waals surface area contributed by atoms with Gasteiger partial charge in [0.1, 0.15) is 6.10 Å². The van der Waals surface area contributed by atoms with Crippen LogP contribution in [0.3, 0.4) is 0 Å². The molecule has 0 bridgehead atoms. The smallest absolute Gasteiger partial charge is 0.416 e. The lowest BCUT2D eigenvalue weighted by Gasteiger charge is -2.41. The summed E-state index contributed by atoms with van der Waals surface area (Å²) in [6.45, 7) is 4.28. The zero-order chi connectivity index (χ0) is 29.3. The third-order valence-corrected chi connectivity index (χ3v) is 6.29. The van der Waals surface area contributed by atoms with Crippen LogP contribution in [0, 0.1) is 0 Å². The Bertz CT molecular complexity index is 1200. The Morgan fingerprint density at radius 2 is 1.49 bits per heavy atom. The third-order valence-electron chi connectivity index (χ3n) is 6.29. The third kappa shape index (κ3) is 6.34. The van der Waals surface area contributed by atoms with Crippen molar-refractivity contribution in [1.82, 2.24) is 0 Å². The normalized spacial score (nSPS) is 18.2. The first-order chi connectivity index (χ1) is 18.1. The summed E-state index contributed by atoms with van der Waals surface area (Å²) < 4.78 is 103. The molecule has 1 aliphatic rings. The lowest BCUT2D eigenvalue weighted by atomic mass is 9.79. The number of hydrogen-bond acceptors (Lipinski definition) is 6. The van der Waals surface area contributed by atoms with Gasteiger partial charge in [0.25, 0.3) is 0 Å². The molecule has 39 heavy (non-hydrogen) atoms. The first-order valence-corrected chi connectivity index (χ1v) is 11.8. The second kappa shape index (κ2) is 11.2.